The molecule has 0 amide bonds. The molecule has 3 nitrogen and oxygen atoms in total. The van der Waals surface area contributed by atoms with Crippen molar-refractivity contribution in [3.63, 3.8) is 0 Å². The normalized spacial score (nSPS) is 10.6. The largest absolute Gasteiger partial charge is 0.325 e. The lowest BCUT2D eigenvalue weighted by Gasteiger charge is -2.06. The van der Waals surface area contributed by atoms with Gasteiger partial charge in [0.2, 0.25) is 0 Å². The molecular formula is C12H15N3. The molecule has 0 saturated carbocycles. The maximum Gasteiger partial charge on any atom is 0.0764 e. The molecule has 0 aliphatic rings. The molecule has 0 aliphatic carbocycles. The van der Waals surface area contributed by atoms with Crippen LogP contribution in [0.3, 0.4) is 0 Å². The quantitative estimate of drug-likeness (QED) is 0.807. The van der Waals surface area contributed by atoms with Crippen LogP contribution in [-0.4, -0.2) is 9.78 Å². The summed E-state index contributed by atoms with van der Waals surface area (Å²) in [5.74, 6) is 0. The molecule has 2 rings (SSSR count). The van der Waals surface area contributed by atoms with Crippen molar-refractivity contribution in [2.75, 3.05) is 0 Å². The summed E-state index contributed by atoms with van der Waals surface area (Å²) in [7, 11) is 0. The Morgan fingerprint density at radius 2 is 2.07 bits per heavy atom. The topological polar surface area (TPSA) is 43.8 Å². The Balaban J connectivity index is 2.48. The lowest BCUT2D eigenvalue weighted by molar-refractivity contribution is 0.827. The number of hydrogen-bond acceptors (Lipinski definition) is 2. The molecule has 1 aromatic heterocycles. The minimum atomic E-state index is 0.484. The smallest absolute Gasteiger partial charge is 0.0764 e. The summed E-state index contributed by atoms with van der Waals surface area (Å²) in [5, 5.41) is 4.39. The van der Waals surface area contributed by atoms with Crippen molar-refractivity contribution in [3.8, 4) is 5.69 Å². The van der Waals surface area contributed by atoms with E-state index in [2.05, 4.69) is 37.1 Å². The van der Waals surface area contributed by atoms with Gasteiger partial charge in [0.1, 0.15) is 0 Å². The van der Waals surface area contributed by atoms with Crippen molar-refractivity contribution >= 4 is 0 Å². The second kappa shape index (κ2) is 3.87. The average Bonchev–Trinajstić information content (AvgIpc) is 2.70. The zero-order valence-electron chi connectivity index (χ0n) is 9.07. The number of hydrogen-bond donors (Lipinski definition) is 1. The predicted molar refractivity (Wildman–Crippen MR) is 60.9 cm³/mol. The minimum absolute atomic E-state index is 0.484. The summed E-state index contributed by atoms with van der Waals surface area (Å²) in [6.45, 7) is 4.65. The molecule has 1 heterocycles. The number of aromatic nitrogens is 2. The third-order valence-electron chi connectivity index (χ3n) is 2.46. The Bertz CT molecular complexity index is 471. The highest BCUT2D eigenvalue weighted by Gasteiger charge is 2.03. The molecule has 15 heavy (non-hydrogen) atoms. The van der Waals surface area contributed by atoms with E-state index in [1.54, 1.807) is 0 Å². The third kappa shape index (κ3) is 1.92. The van der Waals surface area contributed by atoms with Gasteiger partial charge in [0, 0.05) is 12.7 Å². The number of rotatable bonds is 2. The second-order valence-electron chi connectivity index (χ2n) is 3.75. The van der Waals surface area contributed by atoms with Crippen LogP contribution in [0.25, 0.3) is 5.69 Å². The van der Waals surface area contributed by atoms with Crippen LogP contribution >= 0.6 is 0 Å². The van der Waals surface area contributed by atoms with Crippen LogP contribution in [0.4, 0.5) is 0 Å². The van der Waals surface area contributed by atoms with E-state index in [0.717, 1.165) is 11.4 Å². The van der Waals surface area contributed by atoms with Gasteiger partial charge in [0.05, 0.1) is 11.4 Å². The van der Waals surface area contributed by atoms with Crippen molar-refractivity contribution in [2.24, 2.45) is 5.73 Å². The Labute approximate surface area is 89.5 Å². The van der Waals surface area contributed by atoms with Crippen LogP contribution in [0.5, 0.6) is 0 Å². The molecule has 3 heteroatoms. The van der Waals surface area contributed by atoms with E-state index in [0.29, 0.717) is 6.54 Å². The van der Waals surface area contributed by atoms with Gasteiger partial charge in [-0.25, -0.2) is 4.68 Å². The van der Waals surface area contributed by atoms with Gasteiger partial charge in [-0.05, 0) is 37.1 Å². The first-order valence-corrected chi connectivity index (χ1v) is 5.03. The highest BCUT2D eigenvalue weighted by Crippen LogP contribution is 2.15. The van der Waals surface area contributed by atoms with Crippen LogP contribution in [-0.2, 0) is 6.54 Å². The molecule has 0 saturated heterocycles. The van der Waals surface area contributed by atoms with Gasteiger partial charge < -0.3 is 5.73 Å². The van der Waals surface area contributed by atoms with E-state index in [1.807, 2.05) is 16.9 Å². The van der Waals surface area contributed by atoms with Crippen molar-refractivity contribution < 1.29 is 0 Å². The molecular weight excluding hydrogens is 186 g/mol. The molecule has 0 spiro atoms. The fraction of sp³-hybridized carbons (Fsp3) is 0.250. The molecule has 78 valence electrons. The van der Waals surface area contributed by atoms with Crippen LogP contribution in [0.1, 0.15) is 16.8 Å². The van der Waals surface area contributed by atoms with Crippen LogP contribution in [0, 0.1) is 13.8 Å². The van der Waals surface area contributed by atoms with Gasteiger partial charge in [-0.15, -0.1) is 0 Å². The molecule has 1 aromatic carbocycles. The first-order chi connectivity index (χ1) is 7.20. The van der Waals surface area contributed by atoms with Crippen LogP contribution in [0.2, 0.25) is 0 Å². The summed E-state index contributed by atoms with van der Waals surface area (Å²) in [4.78, 5) is 0. The van der Waals surface area contributed by atoms with Gasteiger partial charge in [-0.1, -0.05) is 12.1 Å². The van der Waals surface area contributed by atoms with Gasteiger partial charge in [-0.2, -0.15) is 5.10 Å². The third-order valence-corrected chi connectivity index (χ3v) is 2.46. The average molecular weight is 201 g/mol. The maximum absolute atomic E-state index is 5.53. The van der Waals surface area contributed by atoms with Gasteiger partial charge in [-0.3, -0.25) is 0 Å². The Kier molecular flexibility index (Phi) is 2.56. The summed E-state index contributed by atoms with van der Waals surface area (Å²) >= 11 is 0. The first kappa shape index (κ1) is 9.93. The van der Waals surface area contributed by atoms with E-state index < -0.39 is 0 Å². The number of benzene rings is 1. The van der Waals surface area contributed by atoms with Gasteiger partial charge >= 0.3 is 0 Å². The highest BCUT2D eigenvalue weighted by molar-refractivity contribution is 5.42. The zero-order chi connectivity index (χ0) is 10.8. The monoisotopic (exact) mass is 201 g/mol. The second-order valence-corrected chi connectivity index (χ2v) is 3.75. The molecule has 2 aromatic rings. The van der Waals surface area contributed by atoms with Crippen LogP contribution in [0.15, 0.2) is 30.5 Å². The van der Waals surface area contributed by atoms with Crippen molar-refractivity contribution in [2.45, 2.75) is 20.4 Å². The fourth-order valence-corrected chi connectivity index (χ4v) is 1.57. The van der Waals surface area contributed by atoms with E-state index in [9.17, 15) is 0 Å². The molecule has 0 bridgehead atoms. The fourth-order valence-electron chi connectivity index (χ4n) is 1.57. The SMILES string of the molecule is Cc1ccc(C)c(-n2ccc(CN)n2)c1. The first-order valence-electron chi connectivity index (χ1n) is 5.03. The van der Waals surface area contributed by atoms with Crippen molar-refractivity contribution in [1.82, 2.24) is 9.78 Å². The Hall–Kier alpha value is -1.61. The van der Waals surface area contributed by atoms with Crippen molar-refractivity contribution in [3.05, 3.63) is 47.3 Å². The van der Waals surface area contributed by atoms with E-state index in [4.69, 9.17) is 5.73 Å². The Morgan fingerprint density at radius 3 is 2.73 bits per heavy atom. The lowest BCUT2D eigenvalue weighted by atomic mass is 10.1. The summed E-state index contributed by atoms with van der Waals surface area (Å²) in [6, 6.07) is 8.28. The number of nitrogens with zero attached hydrogens (tertiary/aromatic N) is 2. The molecule has 0 atom stereocenters. The van der Waals surface area contributed by atoms with Gasteiger partial charge in [0.15, 0.2) is 0 Å². The van der Waals surface area contributed by atoms with Crippen LogP contribution < -0.4 is 5.73 Å². The molecule has 2 N–H and O–H groups in total. The van der Waals surface area contributed by atoms with E-state index in [-0.39, 0.29) is 0 Å². The summed E-state index contributed by atoms with van der Waals surface area (Å²) < 4.78 is 1.88. The standard InChI is InChI=1S/C12H15N3/c1-9-3-4-10(2)12(7-9)15-6-5-11(8-13)14-15/h3-7H,8,13H2,1-2H3. The maximum atomic E-state index is 5.53. The highest BCUT2D eigenvalue weighted by atomic mass is 15.3. The molecule has 0 aliphatic heterocycles. The summed E-state index contributed by atoms with van der Waals surface area (Å²) in [5.41, 5.74) is 10.0. The molecule has 0 radical (unpaired) electrons. The van der Waals surface area contributed by atoms with E-state index in [1.165, 1.54) is 11.1 Å². The van der Waals surface area contributed by atoms with Gasteiger partial charge in [0.25, 0.3) is 0 Å². The minimum Gasteiger partial charge on any atom is -0.325 e. The Morgan fingerprint density at radius 1 is 1.27 bits per heavy atom. The molecule has 0 fully saturated rings. The number of nitrogens with two attached hydrogens (primary N) is 1. The predicted octanol–water partition coefficient (Wildman–Crippen LogP) is 1.95. The summed E-state index contributed by atoms with van der Waals surface area (Å²) in [6.07, 6.45) is 1.95. The zero-order valence-corrected chi connectivity index (χ0v) is 9.07. The van der Waals surface area contributed by atoms with E-state index >= 15 is 0 Å². The lowest BCUT2D eigenvalue weighted by Crippen LogP contribution is -2.02. The van der Waals surface area contributed by atoms with Crippen molar-refractivity contribution in [1.29, 1.82) is 0 Å². The molecule has 0 unspecified atom stereocenters. The number of aryl methyl sites for hydroxylation is 2.